The van der Waals surface area contributed by atoms with Crippen molar-refractivity contribution in [3.05, 3.63) is 22.7 Å². The van der Waals surface area contributed by atoms with Crippen LogP contribution in [-0.2, 0) is 11.2 Å². The number of hydrogen-bond acceptors (Lipinski definition) is 3. The minimum absolute atomic E-state index is 0.0452. The van der Waals surface area contributed by atoms with Gasteiger partial charge in [0.1, 0.15) is 6.33 Å². The van der Waals surface area contributed by atoms with Crippen LogP contribution in [0.25, 0.3) is 0 Å². The van der Waals surface area contributed by atoms with Crippen molar-refractivity contribution in [1.82, 2.24) is 9.97 Å². The minimum Gasteiger partial charge on any atom is -0.383 e. The van der Waals surface area contributed by atoms with E-state index in [9.17, 15) is 0 Å². The van der Waals surface area contributed by atoms with Gasteiger partial charge in [-0.2, -0.15) is 0 Å². The molecule has 0 saturated carbocycles. The van der Waals surface area contributed by atoms with Crippen molar-refractivity contribution in [3.63, 3.8) is 0 Å². The molecular formula is C8H10BrClN2O. The average Bonchev–Trinajstić information content (AvgIpc) is 2.09. The van der Waals surface area contributed by atoms with Gasteiger partial charge in [0.15, 0.2) is 0 Å². The Morgan fingerprint density at radius 2 is 2.46 bits per heavy atom. The van der Waals surface area contributed by atoms with Crippen molar-refractivity contribution in [3.8, 4) is 0 Å². The number of nitrogens with zero attached hydrogens (tertiary/aromatic N) is 2. The second-order valence-electron chi connectivity index (χ2n) is 2.57. The summed E-state index contributed by atoms with van der Waals surface area (Å²) in [5.74, 6) is 0. The maximum Gasteiger partial charge on any atom is 0.115 e. The fraction of sp³-hybridized carbons (Fsp3) is 0.500. The molecule has 1 aromatic heterocycles. The highest BCUT2D eigenvalue weighted by atomic mass is 79.9. The van der Waals surface area contributed by atoms with Gasteiger partial charge in [-0.1, -0.05) is 0 Å². The SMILES string of the molecule is COCC(Cl)Cc1ncncc1Br. The first-order chi connectivity index (χ1) is 6.24. The highest BCUT2D eigenvalue weighted by Gasteiger charge is 2.08. The van der Waals surface area contributed by atoms with Crippen LogP contribution >= 0.6 is 27.5 Å². The summed E-state index contributed by atoms with van der Waals surface area (Å²) in [5.41, 5.74) is 0.909. The van der Waals surface area contributed by atoms with Crippen LogP contribution in [0.1, 0.15) is 5.69 Å². The monoisotopic (exact) mass is 264 g/mol. The predicted octanol–water partition coefficient (Wildman–Crippen LogP) is 2.04. The Labute approximate surface area is 90.6 Å². The van der Waals surface area contributed by atoms with Gasteiger partial charge in [-0.25, -0.2) is 9.97 Å². The fourth-order valence-electron chi connectivity index (χ4n) is 0.938. The first-order valence-electron chi connectivity index (χ1n) is 3.81. The molecule has 72 valence electrons. The Balaban J connectivity index is 2.58. The molecule has 0 amide bonds. The lowest BCUT2D eigenvalue weighted by Crippen LogP contribution is -2.12. The van der Waals surface area contributed by atoms with Crippen molar-refractivity contribution in [2.75, 3.05) is 13.7 Å². The number of halogens is 2. The van der Waals surface area contributed by atoms with Gasteiger partial charge in [-0.05, 0) is 15.9 Å². The van der Waals surface area contributed by atoms with Crippen LogP contribution in [0.2, 0.25) is 0 Å². The van der Waals surface area contributed by atoms with E-state index < -0.39 is 0 Å². The van der Waals surface area contributed by atoms with Crippen molar-refractivity contribution >= 4 is 27.5 Å². The molecule has 0 radical (unpaired) electrons. The molecule has 3 nitrogen and oxygen atoms in total. The molecule has 1 aromatic rings. The number of methoxy groups -OCH3 is 1. The Kier molecular flexibility index (Phi) is 4.62. The summed E-state index contributed by atoms with van der Waals surface area (Å²) in [6.45, 7) is 0.526. The third-order valence-electron chi connectivity index (χ3n) is 1.51. The van der Waals surface area contributed by atoms with E-state index in [1.165, 1.54) is 6.33 Å². The van der Waals surface area contributed by atoms with Crippen LogP contribution in [0, 0.1) is 0 Å². The number of rotatable bonds is 4. The summed E-state index contributed by atoms with van der Waals surface area (Å²) < 4.78 is 5.81. The maximum atomic E-state index is 5.98. The van der Waals surface area contributed by atoms with Crippen LogP contribution in [0.3, 0.4) is 0 Å². The minimum atomic E-state index is -0.0452. The van der Waals surface area contributed by atoms with Gasteiger partial charge < -0.3 is 4.74 Å². The molecule has 0 bridgehead atoms. The third-order valence-corrected chi connectivity index (χ3v) is 2.45. The van der Waals surface area contributed by atoms with Gasteiger partial charge in [0, 0.05) is 19.7 Å². The van der Waals surface area contributed by atoms with Crippen molar-refractivity contribution < 1.29 is 4.74 Å². The van der Waals surface area contributed by atoms with Gasteiger partial charge in [0.25, 0.3) is 0 Å². The van der Waals surface area contributed by atoms with Crippen molar-refractivity contribution in [1.29, 1.82) is 0 Å². The number of hydrogen-bond donors (Lipinski definition) is 0. The van der Waals surface area contributed by atoms with Crippen molar-refractivity contribution in [2.24, 2.45) is 0 Å². The first-order valence-corrected chi connectivity index (χ1v) is 5.04. The molecule has 1 unspecified atom stereocenters. The Bertz CT molecular complexity index is 272. The summed E-state index contributed by atoms with van der Waals surface area (Å²) in [7, 11) is 1.63. The molecule has 0 aliphatic rings. The van der Waals surface area contributed by atoms with E-state index in [0.717, 1.165) is 10.2 Å². The zero-order valence-electron chi connectivity index (χ0n) is 7.20. The van der Waals surface area contributed by atoms with Crippen LogP contribution < -0.4 is 0 Å². The number of aromatic nitrogens is 2. The largest absolute Gasteiger partial charge is 0.383 e. The molecule has 0 aliphatic heterocycles. The van der Waals surface area contributed by atoms with E-state index in [4.69, 9.17) is 16.3 Å². The molecule has 5 heteroatoms. The average molecular weight is 266 g/mol. The van der Waals surface area contributed by atoms with Gasteiger partial charge in [0.2, 0.25) is 0 Å². The van der Waals surface area contributed by atoms with E-state index in [1.54, 1.807) is 13.3 Å². The fourth-order valence-corrected chi connectivity index (χ4v) is 1.59. The van der Waals surface area contributed by atoms with E-state index in [-0.39, 0.29) is 5.38 Å². The predicted molar refractivity (Wildman–Crippen MR) is 55.0 cm³/mol. The Morgan fingerprint density at radius 1 is 1.69 bits per heavy atom. The van der Waals surface area contributed by atoms with Gasteiger partial charge >= 0.3 is 0 Å². The van der Waals surface area contributed by atoms with Crippen LogP contribution in [-0.4, -0.2) is 29.1 Å². The van der Waals surface area contributed by atoms with E-state index in [0.29, 0.717) is 13.0 Å². The molecule has 1 atom stereocenters. The van der Waals surface area contributed by atoms with E-state index >= 15 is 0 Å². The molecule has 0 N–H and O–H groups in total. The van der Waals surface area contributed by atoms with Crippen LogP contribution in [0.5, 0.6) is 0 Å². The molecule has 0 fully saturated rings. The highest BCUT2D eigenvalue weighted by molar-refractivity contribution is 9.10. The Morgan fingerprint density at radius 3 is 3.08 bits per heavy atom. The van der Waals surface area contributed by atoms with E-state index in [1.807, 2.05) is 0 Å². The summed E-state index contributed by atoms with van der Waals surface area (Å²) in [6.07, 6.45) is 3.90. The molecule has 0 spiro atoms. The number of ether oxygens (including phenoxy) is 1. The topological polar surface area (TPSA) is 35.0 Å². The van der Waals surface area contributed by atoms with E-state index in [2.05, 4.69) is 25.9 Å². The van der Waals surface area contributed by atoms with Crippen LogP contribution in [0.15, 0.2) is 17.0 Å². The molecule has 0 aliphatic carbocycles. The molecular weight excluding hydrogens is 255 g/mol. The lowest BCUT2D eigenvalue weighted by Gasteiger charge is -2.07. The van der Waals surface area contributed by atoms with Crippen LogP contribution in [0.4, 0.5) is 0 Å². The standard InChI is InChI=1S/C8H10BrClN2O/c1-13-4-6(10)2-8-7(9)3-11-5-12-8/h3,5-6H,2,4H2,1H3. The zero-order chi connectivity index (χ0) is 9.68. The van der Waals surface area contributed by atoms with Gasteiger partial charge in [-0.3, -0.25) is 0 Å². The van der Waals surface area contributed by atoms with Gasteiger partial charge in [0.05, 0.1) is 22.2 Å². The molecule has 1 heterocycles. The first kappa shape index (κ1) is 10.9. The molecule has 1 rings (SSSR count). The number of alkyl halides is 1. The summed E-state index contributed by atoms with van der Waals surface area (Å²) in [4.78, 5) is 7.97. The summed E-state index contributed by atoms with van der Waals surface area (Å²) in [6, 6.07) is 0. The second kappa shape index (κ2) is 5.52. The third kappa shape index (κ3) is 3.58. The summed E-state index contributed by atoms with van der Waals surface area (Å²) in [5, 5.41) is -0.0452. The molecule has 0 saturated heterocycles. The normalized spacial score (nSPS) is 12.8. The summed E-state index contributed by atoms with van der Waals surface area (Å²) >= 11 is 9.33. The molecule has 13 heavy (non-hydrogen) atoms. The lowest BCUT2D eigenvalue weighted by molar-refractivity contribution is 0.197. The highest BCUT2D eigenvalue weighted by Crippen LogP contribution is 2.15. The maximum absolute atomic E-state index is 5.98. The molecule has 0 aromatic carbocycles. The Hall–Kier alpha value is -0.190. The second-order valence-corrected chi connectivity index (χ2v) is 4.05. The quantitative estimate of drug-likeness (QED) is 0.782. The van der Waals surface area contributed by atoms with Crippen molar-refractivity contribution in [2.45, 2.75) is 11.8 Å². The van der Waals surface area contributed by atoms with Gasteiger partial charge in [-0.15, -0.1) is 11.6 Å². The zero-order valence-corrected chi connectivity index (χ0v) is 9.55. The smallest absolute Gasteiger partial charge is 0.115 e. The lowest BCUT2D eigenvalue weighted by atomic mass is 10.2.